The average molecular weight is 218 g/mol. The van der Waals surface area contributed by atoms with Gasteiger partial charge in [-0.2, -0.15) is 10.2 Å². The van der Waals surface area contributed by atoms with Crippen LogP contribution in [0.2, 0.25) is 0 Å². The first-order valence-corrected chi connectivity index (χ1v) is 4.76. The fourth-order valence-electron chi connectivity index (χ4n) is 1.24. The van der Waals surface area contributed by atoms with Crippen molar-refractivity contribution in [3.8, 4) is 6.07 Å². The molecule has 2 aromatic heterocycles. The zero-order valence-corrected chi connectivity index (χ0v) is 8.73. The van der Waals surface area contributed by atoms with Crippen LogP contribution in [-0.2, 0) is 13.1 Å². The van der Waals surface area contributed by atoms with Gasteiger partial charge in [0.2, 0.25) is 11.7 Å². The van der Waals surface area contributed by atoms with Crippen LogP contribution in [-0.4, -0.2) is 10.1 Å². The molecule has 6 heteroatoms. The van der Waals surface area contributed by atoms with Gasteiger partial charge in [0.05, 0.1) is 13.1 Å². The Kier molecular flexibility index (Phi) is 2.98. The second kappa shape index (κ2) is 4.59. The Balaban J connectivity index is 1.82. The molecule has 0 radical (unpaired) electrons. The maximum Gasteiger partial charge on any atom is 0.223 e. The van der Waals surface area contributed by atoms with Crippen LogP contribution in [0.15, 0.2) is 21.1 Å². The maximum atomic E-state index is 8.56. The molecule has 0 saturated heterocycles. The Bertz CT molecular complexity index is 509. The van der Waals surface area contributed by atoms with Gasteiger partial charge in [0.15, 0.2) is 5.82 Å². The van der Waals surface area contributed by atoms with Crippen molar-refractivity contribution >= 4 is 0 Å². The van der Waals surface area contributed by atoms with Gasteiger partial charge in [0.1, 0.15) is 11.8 Å². The van der Waals surface area contributed by atoms with E-state index in [1.807, 2.05) is 6.07 Å². The summed E-state index contributed by atoms with van der Waals surface area (Å²) >= 11 is 0. The van der Waals surface area contributed by atoms with E-state index in [0.29, 0.717) is 36.3 Å². The van der Waals surface area contributed by atoms with E-state index in [1.165, 1.54) is 0 Å². The predicted octanol–water partition coefficient (Wildman–Crippen LogP) is 1.13. The first-order valence-electron chi connectivity index (χ1n) is 4.76. The van der Waals surface area contributed by atoms with E-state index in [9.17, 15) is 0 Å². The van der Waals surface area contributed by atoms with E-state index in [0.717, 1.165) is 0 Å². The lowest BCUT2D eigenvalue weighted by molar-refractivity contribution is 0.384. The summed E-state index contributed by atoms with van der Waals surface area (Å²) in [7, 11) is 0. The molecule has 0 amide bonds. The average Bonchev–Trinajstić information content (AvgIpc) is 2.88. The largest absolute Gasteiger partial charge is 0.449 e. The highest BCUT2D eigenvalue weighted by Gasteiger charge is 2.03. The summed E-state index contributed by atoms with van der Waals surface area (Å²) in [6.45, 7) is 2.76. The minimum atomic E-state index is 0.312. The number of rotatable bonds is 4. The van der Waals surface area contributed by atoms with E-state index in [2.05, 4.69) is 15.5 Å². The van der Waals surface area contributed by atoms with Crippen molar-refractivity contribution < 1.29 is 8.94 Å². The Hall–Kier alpha value is -2.13. The molecule has 82 valence electrons. The molecule has 0 bridgehead atoms. The van der Waals surface area contributed by atoms with Gasteiger partial charge in [-0.25, -0.2) is 0 Å². The monoisotopic (exact) mass is 218 g/mol. The molecule has 0 aliphatic carbocycles. The Labute approximate surface area is 91.9 Å². The molecule has 0 fully saturated rings. The van der Waals surface area contributed by atoms with E-state index >= 15 is 0 Å². The first kappa shape index (κ1) is 10.4. The van der Waals surface area contributed by atoms with Crippen LogP contribution < -0.4 is 5.32 Å². The number of aryl methyl sites for hydroxylation is 1. The maximum absolute atomic E-state index is 8.56. The van der Waals surface area contributed by atoms with E-state index in [-0.39, 0.29) is 0 Å². The third-order valence-electron chi connectivity index (χ3n) is 1.92. The highest BCUT2D eigenvalue weighted by molar-refractivity contribution is 5.18. The summed E-state index contributed by atoms with van der Waals surface area (Å²) in [6.07, 6.45) is 0. The van der Waals surface area contributed by atoms with E-state index in [4.69, 9.17) is 14.2 Å². The first-order chi connectivity index (χ1) is 7.78. The van der Waals surface area contributed by atoms with E-state index < -0.39 is 0 Å². The van der Waals surface area contributed by atoms with Crippen LogP contribution in [0.1, 0.15) is 23.2 Å². The summed E-state index contributed by atoms with van der Waals surface area (Å²) in [6, 6.07) is 5.32. The Morgan fingerprint density at radius 1 is 1.44 bits per heavy atom. The molecular formula is C10H10N4O2. The molecule has 0 atom stereocenters. The number of nitriles is 1. The summed E-state index contributed by atoms with van der Waals surface area (Å²) in [5.74, 6) is 2.16. The fourth-order valence-corrected chi connectivity index (χ4v) is 1.24. The quantitative estimate of drug-likeness (QED) is 0.827. The van der Waals surface area contributed by atoms with Crippen LogP contribution in [0, 0.1) is 18.3 Å². The van der Waals surface area contributed by atoms with Crippen molar-refractivity contribution in [2.45, 2.75) is 20.0 Å². The summed E-state index contributed by atoms with van der Waals surface area (Å²) in [5, 5.41) is 15.4. The molecule has 2 heterocycles. The molecule has 0 aliphatic rings. The van der Waals surface area contributed by atoms with Crippen molar-refractivity contribution in [2.75, 3.05) is 0 Å². The summed E-state index contributed by atoms with van der Waals surface area (Å²) in [4.78, 5) is 4.04. The molecule has 2 aromatic rings. The molecule has 16 heavy (non-hydrogen) atoms. The van der Waals surface area contributed by atoms with Crippen molar-refractivity contribution in [3.05, 3.63) is 35.4 Å². The van der Waals surface area contributed by atoms with Gasteiger partial charge in [-0.3, -0.25) is 0 Å². The SMILES string of the molecule is Cc1nc(CNCc2ccc(C#N)o2)no1. The van der Waals surface area contributed by atoms with Gasteiger partial charge >= 0.3 is 0 Å². The smallest absolute Gasteiger partial charge is 0.223 e. The third-order valence-corrected chi connectivity index (χ3v) is 1.92. The predicted molar refractivity (Wildman–Crippen MR) is 53.0 cm³/mol. The van der Waals surface area contributed by atoms with Crippen molar-refractivity contribution in [3.63, 3.8) is 0 Å². The van der Waals surface area contributed by atoms with Crippen LogP contribution in [0.5, 0.6) is 0 Å². The molecule has 0 spiro atoms. The molecule has 0 unspecified atom stereocenters. The van der Waals surface area contributed by atoms with Gasteiger partial charge in [-0.1, -0.05) is 5.16 Å². The zero-order valence-electron chi connectivity index (χ0n) is 8.73. The van der Waals surface area contributed by atoms with Crippen LogP contribution >= 0.6 is 0 Å². The molecule has 1 N–H and O–H groups in total. The number of hydrogen-bond acceptors (Lipinski definition) is 6. The molecule has 6 nitrogen and oxygen atoms in total. The lowest BCUT2D eigenvalue weighted by Gasteiger charge is -1.97. The number of furan rings is 1. The minimum Gasteiger partial charge on any atom is -0.449 e. The number of nitrogens with one attached hydrogen (secondary N) is 1. The number of hydrogen-bond donors (Lipinski definition) is 1. The van der Waals surface area contributed by atoms with Gasteiger partial charge in [-0.05, 0) is 12.1 Å². The lowest BCUT2D eigenvalue weighted by Crippen LogP contribution is -2.13. The Morgan fingerprint density at radius 3 is 2.94 bits per heavy atom. The van der Waals surface area contributed by atoms with Crippen molar-refractivity contribution in [1.29, 1.82) is 5.26 Å². The summed E-state index contributed by atoms with van der Waals surface area (Å²) < 4.78 is 10.0. The van der Waals surface area contributed by atoms with Gasteiger partial charge in [-0.15, -0.1) is 0 Å². The second-order valence-electron chi connectivity index (χ2n) is 3.21. The van der Waals surface area contributed by atoms with Crippen LogP contribution in [0.3, 0.4) is 0 Å². The molecule has 0 aromatic carbocycles. The fraction of sp³-hybridized carbons (Fsp3) is 0.300. The van der Waals surface area contributed by atoms with Gasteiger partial charge < -0.3 is 14.3 Å². The highest BCUT2D eigenvalue weighted by atomic mass is 16.5. The zero-order chi connectivity index (χ0) is 11.4. The molecular weight excluding hydrogens is 208 g/mol. The molecule has 0 aliphatic heterocycles. The Morgan fingerprint density at radius 2 is 2.31 bits per heavy atom. The standard InChI is InChI=1S/C10H10N4O2/c1-7-13-10(14-16-7)6-12-5-9-3-2-8(4-11)15-9/h2-3,12H,5-6H2,1H3. The molecule has 0 saturated carbocycles. The van der Waals surface area contributed by atoms with Crippen LogP contribution in [0.4, 0.5) is 0 Å². The van der Waals surface area contributed by atoms with Gasteiger partial charge in [0, 0.05) is 6.92 Å². The second-order valence-corrected chi connectivity index (χ2v) is 3.21. The van der Waals surface area contributed by atoms with Crippen LogP contribution in [0.25, 0.3) is 0 Å². The number of nitrogens with zero attached hydrogens (tertiary/aromatic N) is 3. The minimum absolute atomic E-state index is 0.312. The number of aromatic nitrogens is 2. The third kappa shape index (κ3) is 2.46. The summed E-state index contributed by atoms with van der Waals surface area (Å²) in [5.41, 5.74) is 0. The van der Waals surface area contributed by atoms with Crippen molar-refractivity contribution in [1.82, 2.24) is 15.5 Å². The topological polar surface area (TPSA) is 87.9 Å². The molecule has 2 rings (SSSR count). The highest BCUT2D eigenvalue weighted by Crippen LogP contribution is 2.06. The lowest BCUT2D eigenvalue weighted by atomic mass is 10.4. The van der Waals surface area contributed by atoms with E-state index in [1.54, 1.807) is 19.1 Å². The van der Waals surface area contributed by atoms with Crippen molar-refractivity contribution in [2.24, 2.45) is 0 Å². The van der Waals surface area contributed by atoms with Gasteiger partial charge in [0.25, 0.3) is 0 Å². The normalized spacial score (nSPS) is 10.2.